The molecular weight excluding hydrogens is 398 g/mol. The topological polar surface area (TPSA) is 36.0 Å². The number of hydrogen-bond donors (Lipinski definition) is 0. The fraction of sp³-hybridized carbons (Fsp3) is 0.519. The molecule has 0 aliphatic carbocycles. The minimum atomic E-state index is 0.343. The summed E-state index contributed by atoms with van der Waals surface area (Å²) in [6, 6.07) is 19.3. The first-order valence-electron chi connectivity index (χ1n) is 12.2. The molecule has 5 nitrogen and oxygen atoms in total. The molecule has 1 atom stereocenters. The van der Waals surface area contributed by atoms with Crippen molar-refractivity contribution < 1.29 is 9.53 Å². The van der Waals surface area contributed by atoms with E-state index in [9.17, 15) is 4.79 Å². The smallest absolute Gasteiger partial charge is 0.222 e. The van der Waals surface area contributed by atoms with Crippen LogP contribution in [-0.2, 0) is 11.2 Å². The molecule has 2 aliphatic heterocycles. The number of carbonyl (C=O) groups is 1. The summed E-state index contributed by atoms with van der Waals surface area (Å²) in [7, 11) is 1.74. The van der Waals surface area contributed by atoms with Crippen molar-refractivity contribution in [3.8, 4) is 5.75 Å². The molecular formula is C27H37N3O2. The van der Waals surface area contributed by atoms with Crippen LogP contribution in [-0.4, -0.2) is 68.1 Å². The lowest BCUT2D eigenvalue weighted by molar-refractivity contribution is -0.133. The Morgan fingerprint density at radius 1 is 0.938 bits per heavy atom. The maximum absolute atomic E-state index is 12.8. The monoisotopic (exact) mass is 435 g/mol. The highest BCUT2D eigenvalue weighted by atomic mass is 16.5. The fourth-order valence-corrected chi connectivity index (χ4v) is 5.11. The van der Waals surface area contributed by atoms with Gasteiger partial charge in [-0.05, 0) is 49.8 Å². The Labute approximate surface area is 193 Å². The third-order valence-corrected chi connectivity index (χ3v) is 6.95. The van der Waals surface area contributed by atoms with E-state index in [0.717, 1.165) is 70.7 Å². The van der Waals surface area contributed by atoms with Gasteiger partial charge < -0.3 is 14.5 Å². The molecule has 2 aromatic carbocycles. The molecule has 0 N–H and O–H groups in total. The predicted molar refractivity (Wildman–Crippen MR) is 130 cm³/mol. The first-order valence-corrected chi connectivity index (χ1v) is 12.2. The number of para-hydroxylation sites is 2. The van der Waals surface area contributed by atoms with Gasteiger partial charge in [0.1, 0.15) is 5.75 Å². The summed E-state index contributed by atoms with van der Waals surface area (Å²) in [5, 5.41) is 0. The Balaban J connectivity index is 1.21. The summed E-state index contributed by atoms with van der Waals surface area (Å²) < 4.78 is 5.55. The second kappa shape index (κ2) is 11.4. The zero-order chi connectivity index (χ0) is 22.2. The zero-order valence-corrected chi connectivity index (χ0v) is 19.4. The Bertz CT molecular complexity index is 849. The summed E-state index contributed by atoms with van der Waals surface area (Å²) >= 11 is 0. The normalized spacial score (nSPS) is 19.7. The highest BCUT2D eigenvalue weighted by Crippen LogP contribution is 2.29. The number of benzene rings is 2. The van der Waals surface area contributed by atoms with Gasteiger partial charge in [-0.1, -0.05) is 42.5 Å². The van der Waals surface area contributed by atoms with Crippen LogP contribution in [0, 0.1) is 0 Å². The maximum atomic E-state index is 12.8. The lowest BCUT2D eigenvalue weighted by Crippen LogP contribution is -2.55. The lowest BCUT2D eigenvalue weighted by atomic mass is 10.0. The molecule has 4 rings (SSSR count). The standard InChI is InChI=1S/C27H37N3O2/c1-32-26-15-7-6-14-25(26)29-20-18-28(19-21-29)24-13-9-17-30(22-24)27(31)16-8-5-12-23-10-3-2-4-11-23/h2-4,6-7,10-11,14-15,24H,5,8-9,12-13,16-22H2,1H3. The van der Waals surface area contributed by atoms with Crippen LogP contribution < -0.4 is 9.64 Å². The number of carbonyl (C=O) groups excluding carboxylic acids is 1. The average molecular weight is 436 g/mol. The van der Waals surface area contributed by atoms with Gasteiger partial charge in [0.05, 0.1) is 12.8 Å². The predicted octanol–water partition coefficient (Wildman–Crippen LogP) is 4.22. The summed E-state index contributed by atoms with van der Waals surface area (Å²) in [6.45, 7) is 5.92. The Morgan fingerprint density at radius 2 is 1.69 bits per heavy atom. The van der Waals surface area contributed by atoms with Crippen molar-refractivity contribution in [2.24, 2.45) is 0 Å². The van der Waals surface area contributed by atoms with Crippen molar-refractivity contribution in [2.45, 2.75) is 44.6 Å². The van der Waals surface area contributed by atoms with E-state index in [0.29, 0.717) is 18.4 Å². The molecule has 5 heteroatoms. The largest absolute Gasteiger partial charge is 0.495 e. The quantitative estimate of drug-likeness (QED) is 0.582. The number of amides is 1. The van der Waals surface area contributed by atoms with Crippen LogP contribution in [0.3, 0.4) is 0 Å². The van der Waals surface area contributed by atoms with Crippen LogP contribution in [0.25, 0.3) is 0 Å². The van der Waals surface area contributed by atoms with Gasteiger partial charge in [0.25, 0.3) is 0 Å². The molecule has 0 aromatic heterocycles. The molecule has 1 unspecified atom stereocenters. The van der Waals surface area contributed by atoms with E-state index in [4.69, 9.17) is 4.74 Å². The van der Waals surface area contributed by atoms with Gasteiger partial charge >= 0.3 is 0 Å². The SMILES string of the molecule is COc1ccccc1N1CCN(C2CCCN(C(=O)CCCCc3ccccc3)C2)CC1. The Kier molecular flexibility index (Phi) is 8.05. The van der Waals surface area contributed by atoms with Crippen molar-refractivity contribution in [1.29, 1.82) is 0 Å². The van der Waals surface area contributed by atoms with E-state index in [1.54, 1.807) is 7.11 Å². The molecule has 172 valence electrons. The van der Waals surface area contributed by atoms with Gasteiger partial charge in [-0.25, -0.2) is 0 Å². The fourth-order valence-electron chi connectivity index (χ4n) is 5.11. The minimum Gasteiger partial charge on any atom is -0.495 e. The Hall–Kier alpha value is -2.53. The molecule has 2 fully saturated rings. The number of nitrogens with zero attached hydrogens (tertiary/aromatic N) is 3. The summed E-state index contributed by atoms with van der Waals surface area (Å²) in [4.78, 5) is 20.0. The molecule has 0 spiro atoms. The molecule has 0 saturated carbocycles. The van der Waals surface area contributed by atoms with Crippen LogP contribution in [0.1, 0.15) is 37.7 Å². The third-order valence-electron chi connectivity index (χ3n) is 6.95. The number of likely N-dealkylation sites (tertiary alicyclic amines) is 1. The minimum absolute atomic E-state index is 0.343. The summed E-state index contributed by atoms with van der Waals surface area (Å²) in [6.07, 6.45) is 6.12. The van der Waals surface area contributed by atoms with Crippen LogP contribution in [0.2, 0.25) is 0 Å². The second-order valence-corrected chi connectivity index (χ2v) is 9.02. The van der Waals surface area contributed by atoms with E-state index in [2.05, 4.69) is 57.2 Å². The first kappa shape index (κ1) is 22.7. The molecule has 2 aromatic rings. The van der Waals surface area contributed by atoms with Crippen LogP contribution in [0.15, 0.2) is 54.6 Å². The van der Waals surface area contributed by atoms with Gasteiger partial charge in [0.15, 0.2) is 0 Å². The van der Waals surface area contributed by atoms with Crippen LogP contribution in [0.4, 0.5) is 5.69 Å². The van der Waals surface area contributed by atoms with Gasteiger partial charge in [-0.15, -0.1) is 0 Å². The number of hydrogen-bond acceptors (Lipinski definition) is 4. The van der Waals surface area contributed by atoms with Crippen molar-refractivity contribution in [3.63, 3.8) is 0 Å². The van der Waals surface area contributed by atoms with Crippen LogP contribution >= 0.6 is 0 Å². The number of rotatable bonds is 8. The Morgan fingerprint density at radius 3 is 2.47 bits per heavy atom. The van der Waals surface area contributed by atoms with E-state index in [1.165, 1.54) is 17.7 Å². The van der Waals surface area contributed by atoms with Crippen molar-refractivity contribution in [3.05, 3.63) is 60.2 Å². The molecule has 0 bridgehead atoms. The number of piperazine rings is 1. The van der Waals surface area contributed by atoms with Crippen molar-refractivity contribution >= 4 is 11.6 Å². The van der Waals surface area contributed by atoms with Gasteiger partial charge in [0.2, 0.25) is 5.91 Å². The second-order valence-electron chi connectivity index (χ2n) is 9.02. The third kappa shape index (κ3) is 5.83. The maximum Gasteiger partial charge on any atom is 0.222 e. The van der Waals surface area contributed by atoms with E-state index in [1.807, 2.05) is 12.1 Å². The average Bonchev–Trinajstić information content (AvgIpc) is 2.87. The van der Waals surface area contributed by atoms with Gasteiger partial charge in [-0.3, -0.25) is 9.69 Å². The number of aryl methyl sites for hydroxylation is 1. The number of piperidine rings is 1. The molecule has 0 radical (unpaired) electrons. The highest BCUT2D eigenvalue weighted by molar-refractivity contribution is 5.76. The van der Waals surface area contributed by atoms with Crippen LogP contribution in [0.5, 0.6) is 5.75 Å². The van der Waals surface area contributed by atoms with Crippen molar-refractivity contribution in [2.75, 3.05) is 51.3 Å². The number of methoxy groups -OCH3 is 1. The lowest BCUT2D eigenvalue weighted by Gasteiger charge is -2.44. The number of anilines is 1. The van der Waals surface area contributed by atoms with Gasteiger partial charge in [-0.2, -0.15) is 0 Å². The number of ether oxygens (including phenoxy) is 1. The molecule has 2 aliphatic rings. The number of unbranched alkanes of at least 4 members (excludes halogenated alkanes) is 1. The zero-order valence-electron chi connectivity index (χ0n) is 19.4. The molecule has 2 heterocycles. The van der Waals surface area contributed by atoms with E-state index in [-0.39, 0.29) is 0 Å². The van der Waals surface area contributed by atoms with Gasteiger partial charge in [0, 0.05) is 51.7 Å². The molecule has 1 amide bonds. The van der Waals surface area contributed by atoms with Crippen molar-refractivity contribution in [1.82, 2.24) is 9.80 Å². The first-order chi connectivity index (χ1) is 15.7. The summed E-state index contributed by atoms with van der Waals surface area (Å²) in [5.41, 5.74) is 2.55. The highest BCUT2D eigenvalue weighted by Gasteiger charge is 2.30. The summed E-state index contributed by atoms with van der Waals surface area (Å²) in [5.74, 6) is 1.29. The molecule has 2 saturated heterocycles. The van der Waals surface area contributed by atoms with E-state index < -0.39 is 0 Å². The molecule has 32 heavy (non-hydrogen) atoms. The van der Waals surface area contributed by atoms with E-state index >= 15 is 0 Å².